The number of hydrogen-bond donors (Lipinski definition) is 1. The molecule has 188 valence electrons. The lowest BCUT2D eigenvalue weighted by Gasteiger charge is -2.40. The molecule has 2 aromatic carbocycles. The van der Waals surface area contributed by atoms with Crippen LogP contribution >= 0.6 is 0 Å². The van der Waals surface area contributed by atoms with E-state index in [4.69, 9.17) is 14.2 Å². The van der Waals surface area contributed by atoms with Crippen molar-refractivity contribution in [2.24, 2.45) is 0 Å². The predicted molar refractivity (Wildman–Crippen MR) is 123 cm³/mol. The molecular weight excluding hydrogens is 463 g/mol. The Morgan fingerprint density at radius 1 is 0.971 bits per heavy atom. The highest BCUT2D eigenvalue weighted by molar-refractivity contribution is 6.04. The Kier molecular flexibility index (Phi) is 6.86. The minimum Gasteiger partial charge on any atom is -0.454 e. The van der Waals surface area contributed by atoms with Gasteiger partial charge in [0, 0.05) is 36.9 Å². The van der Waals surface area contributed by atoms with Crippen molar-refractivity contribution in [2.75, 3.05) is 51.5 Å². The number of ether oxygens (including phenoxy) is 3. The molecule has 3 aliphatic heterocycles. The zero-order chi connectivity index (χ0) is 24.4. The Hall–Kier alpha value is -2.82. The van der Waals surface area contributed by atoms with Gasteiger partial charge in [-0.3, -0.25) is 14.6 Å². The van der Waals surface area contributed by atoms with Crippen molar-refractivity contribution >= 4 is 11.6 Å². The van der Waals surface area contributed by atoms with Crippen LogP contribution in [0.3, 0.4) is 0 Å². The van der Waals surface area contributed by atoms with E-state index in [2.05, 4.69) is 15.1 Å². The van der Waals surface area contributed by atoms with E-state index in [0.29, 0.717) is 17.5 Å². The molecule has 10 heteroatoms. The van der Waals surface area contributed by atoms with Gasteiger partial charge < -0.3 is 19.5 Å². The van der Waals surface area contributed by atoms with E-state index in [1.807, 2.05) is 0 Å². The lowest BCUT2D eigenvalue weighted by atomic mass is 10.00. The molecule has 2 fully saturated rings. The third-order valence-electron chi connectivity index (χ3n) is 6.82. The topological polar surface area (TPSA) is 63.3 Å². The molecule has 3 aliphatic rings. The van der Waals surface area contributed by atoms with Gasteiger partial charge in [-0.15, -0.1) is 0 Å². The number of piperidine rings is 1. The average Bonchev–Trinajstić information content (AvgIpc) is 3.33. The summed E-state index contributed by atoms with van der Waals surface area (Å²) < 4.78 is 57.7. The fourth-order valence-corrected chi connectivity index (χ4v) is 4.92. The Balaban J connectivity index is 1.25. The number of nitrogens with zero attached hydrogens (tertiary/aromatic N) is 2. The van der Waals surface area contributed by atoms with E-state index in [0.717, 1.165) is 58.3 Å². The van der Waals surface area contributed by atoms with Gasteiger partial charge in [-0.05, 0) is 61.8 Å². The lowest BCUT2D eigenvalue weighted by Crippen LogP contribution is -2.48. The number of rotatable bonds is 5. The first-order valence-electron chi connectivity index (χ1n) is 11.8. The summed E-state index contributed by atoms with van der Waals surface area (Å²) in [6.45, 7) is 5.12. The molecule has 1 N–H and O–H groups in total. The van der Waals surface area contributed by atoms with E-state index >= 15 is 0 Å². The van der Waals surface area contributed by atoms with Crippen molar-refractivity contribution in [2.45, 2.75) is 31.6 Å². The second kappa shape index (κ2) is 10.0. The number of benzene rings is 2. The van der Waals surface area contributed by atoms with Crippen LogP contribution in [0.5, 0.6) is 11.5 Å². The van der Waals surface area contributed by atoms with Gasteiger partial charge in [0.2, 0.25) is 6.79 Å². The molecule has 0 aliphatic carbocycles. The minimum atomic E-state index is -4.53. The first-order chi connectivity index (χ1) is 16.9. The van der Waals surface area contributed by atoms with Crippen LogP contribution in [0, 0.1) is 0 Å². The number of fused-ring (bicyclic) bond motifs is 1. The second-order valence-electron chi connectivity index (χ2n) is 9.05. The number of halogens is 3. The van der Waals surface area contributed by atoms with Crippen molar-refractivity contribution in [1.82, 2.24) is 9.80 Å². The third kappa shape index (κ3) is 5.55. The molecule has 0 radical (unpaired) electrons. The molecule has 0 saturated carbocycles. The Bertz CT molecular complexity index is 1060. The summed E-state index contributed by atoms with van der Waals surface area (Å²) >= 11 is 0. The van der Waals surface area contributed by atoms with Crippen molar-refractivity contribution in [3.63, 3.8) is 0 Å². The number of amides is 1. The normalized spacial score (nSPS) is 19.6. The molecule has 2 aromatic rings. The zero-order valence-corrected chi connectivity index (χ0v) is 19.3. The molecule has 1 amide bonds. The number of hydrogen-bond acceptors (Lipinski definition) is 6. The smallest absolute Gasteiger partial charge is 0.416 e. The third-order valence-corrected chi connectivity index (χ3v) is 6.82. The number of nitrogens with one attached hydrogen (secondary N) is 1. The van der Waals surface area contributed by atoms with Crippen LogP contribution in [-0.2, 0) is 17.5 Å². The van der Waals surface area contributed by atoms with Gasteiger partial charge in [-0.25, -0.2) is 0 Å². The van der Waals surface area contributed by atoms with Crippen LogP contribution in [0.1, 0.15) is 34.3 Å². The van der Waals surface area contributed by atoms with Crippen LogP contribution < -0.4 is 14.8 Å². The maximum absolute atomic E-state index is 13.9. The van der Waals surface area contributed by atoms with Gasteiger partial charge in [-0.1, -0.05) is 6.07 Å². The van der Waals surface area contributed by atoms with Crippen LogP contribution in [0.4, 0.5) is 18.9 Å². The fraction of sp³-hybridized carbons (Fsp3) is 0.480. The molecule has 35 heavy (non-hydrogen) atoms. The number of carbonyl (C=O) groups is 1. The van der Waals surface area contributed by atoms with Gasteiger partial charge in [-0.2, -0.15) is 13.2 Å². The maximum Gasteiger partial charge on any atom is 0.416 e. The minimum absolute atomic E-state index is 0.0711. The summed E-state index contributed by atoms with van der Waals surface area (Å²) in [6.07, 6.45) is -2.66. The van der Waals surface area contributed by atoms with E-state index in [1.54, 1.807) is 12.1 Å². The highest BCUT2D eigenvalue weighted by Gasteiger charge is 2.35. The highest BCUT2D eigenvalue weighted by atomic mass is 19.4. The summed E-state index contributed by atoms with van der Waals surface area (Å²) in [5.74, 6) is 0.440. The molecule has 0 atom stereocenters. The predicted octanol–water partition coefficient (Wildman–Crippen LogP) is 3.98. The lowest BCUT2D eigenvalue weighted by molar-refractivity contribution is -0.138. The van der Waals surface area contributed by atoms with Gasteiger partial charge in [0.1, 0.15) is 0 Å². The molecule has 0 spiro atoms. The summed E-state index contributed by atoms with van der Waals surface area (Å²) in [7, 11) is 0. The van der Waals surface area contributed by atoms with Gasteiger partial charge in [0.05, 0.1) is 18.8 Å². The van der Waals surface area contributed by atoms with Crippen molar-refractivity contribution in [3.8, 4) is 11.5 Å². The van der Waals surface area contributed by atoms with Gasteiger partial charge >= 0.3 is 6.18 Å². The summed E-state index contributed by atoms with van der Waals surface area (Å²) in [4.78, 5) is 17.1. The molecule has 0 unspecified atom stereocenters. The Morgan fingerprint density at radius 3 is 2.46 bits per heavy atom. The van der Waals surface area contributed by atoms with Crippen LogP contribution in [0.25, 0.3) is 0 Å². The number of anilines is 1. The SMILES string of the molecule is O=C(Nc1ccc(CN2CCC(N3CCOCC3)CC2)c(C(F)(F)F)c1)c1ccc2c(c1)OCO2. The Morgan fingerprint density at radius 2 is 1.71 bits per heavy atom. The molecule has 5 rings (SSSR count). The maximum atomic E-state index is 13.9. The van der Waals surface area contributed by atoms with Crippen LogP contribution in [0.2, 0.25) is 0 Å². The van der Waals surface area contributed by atoms with Crippen molar-refractivity contribution < 1.29 is 32.2 Å². The van der Waals surface area contributed by atoms with E-state index in [1.165, 1.54) is 18.2 Å². The standard InChI is InChI=1S/C25H28F3N3O4/c26-25(27,28)21-14-19(29-24(32)17-2-4-22-23(13-17)35-16-34-22)3-1-18(21)15-30-7-5-20(6-8-30)31-9-11-33-12-10-31/h1-4,13-14,20H,5-12,15-16H2,(H,29,32). The van der Waals surface area contributed by atoms with Crippen molar-refractivity contribution in [3.05, 3.63) is 53.1 Å². The molecule has 3 heterocycles. The number of likely N-dealkylation sites (tertiary alicyclic amines) is 1. The fourth-order valence-electron chi connectivity index (χ4n) is 4.92. The highest BCUT2D eigenvalue weighted by Crippen LogP contribution is 2.36. The zero-order valence-electron chi connectivity index (χ0n) is 19.3. The second-order valence-corrected chi connectivity index (χ2v) is 9.05. The molecular formula is C25H28F3N3O4. The first-order valence-corrected chi connectivity index (χ1v) is 11.8. The first kappa shape index (κ1) is 23.9. The number of carbonyl (C=O) groups excluding carboxylic acids is 1. The number of alkyl halides is 3. The van der Waals surface area contributed by atoms with Crippen LogP contribution in [-0.4, -0.2) is 67.9 Å². The Labute approximate surface area is 201 Å². The number of morpholine rings is 1. The molecule has 0 bridgehead atoms. The summed E-state index contributed by atoms with van der Waals surface area (Å²) in [5, 5.41) is 2.57. The van der Waals surface area contributed by atoms with Crippen molar-refractivity contribution in [1.29, 1.82) is 0 Å². The van der Waals surface area contributed by atoms with E-state index in [9.17, 15) is 18.0 Å². The largest absolute Gasteiger partial charge is 0.454 e. The molecule has 7 nitrogen and oxygen atoms in total. The monoisotopic (exact) mass is 491 g/mol. The summed E-state index contributed by atoms with van der Waals surface area (Å²) in [6, 6.07) is 9.12. The van der Waals surface area contributed by atoms with Crippen LogP contribution in [0.15, 0.2) is 36.4 Å². The molecule has 0 aromatic heterocycles. The van der Waals surface area contributed by atoms with E-state index in [-0.39, 0.29) is 30.2 Å². The van der Waals surface area contributed by atoms with E-state index < -0.39 is 17.6 Å². The summed E-state index contributed by atoms with van der Waals surface area (Å²) in [5.41, 5.74) is -0.149. The average molecular weight is 492 g/mol. The van der Waals surface area contributed by atoms with Gasteiger partial charge in [0.25, 0.3) is 5.91 Å². The quantitative estimate of drug-likeness (QED) is 0.683. The van der Waals surface area contributed by atoms with Gasteiger partial charge in [0.15, 0.2) is 11.5 Å². The molecule has 2 saturated heterocycles.